The summed E-state index contributed by atoms with van der Waals surface area (Å²) in [6.07, 6.45) is 0. The lowest BCUT2D eigenvalue weighted by Crippen LogP contribution is -2.36. The van der Waals surface area contributed by atoms with Crippen molar-refractivity contribution in [3.8, 4) is 11.5 Å². The van der Waals surface area contributed by atoms with Gasteiger partial charge in [0, 0.05) is 17.5 Å². The third kappa shape index (κ3) is 4.34. The fourth-order valence-electron chi connectivity index (χ4n) is 2.90. The number of phenols is 1. The van der Waals surface area contributed by atoms with Gasteiger partial charge in [0.1, 0.15) is 11.3 Å². The van der Waals surface area contributed by atoms with Gasteiger partial charge in [-0.15, -0.1) is 0 Å². The fraction of sp³-hybridized carbons (Fsp3) is 0.286. The van der Waals surface area contributed by atoms with Crippen molar-refractivity contribution in [1.82, 2.24) is 10.6 Å². The predicted molar refractivity (Wildman–Crippen MR) is 107 cm³/mol. The molecule has 142 valence electrons. The van der Waals surface area contributed by atoms with Gasteiger partial charge in [-0.1, -0.05) is 24.3 Å². The van der Waals surface area contributed by atoms with E-state index in [1.807, 2.05) is 31.2 Å². The molecule has 27 heavy (non-hydrogen) atoms. The van der Waals surface area contributed by atoms with Crippen LogP contribution < -0.4 is 15.4 Å². The van der Waals surface area contributed by atoms with Crippen LogP contribution in [0.3, 0.4) is 0 Å². The number of hydrogen-bond acceptors (Lipinski definition) is 4. The van der Waals surface area contributed by atoms with Gasteiger partial charge in [0.2, 0.25) is 0 Å². The monoisotopic (exact) mass is 367 g/mol. The maximum Gasteiger partial charge on any atom is 0.191 e. The quantitative estimate of drug-likeness (QED) is 0.457. The molecule has 0 unspecified atom stereocenters. The first-order valence-electron chi connectivity index (χ1n) is 8.97. The van der Waals surface area contributed by atoms with E-state index in [1.165, 1.54) is 7.11 Å². The lowest BCUT2D eigenvalue weighted by molar-refractivity contribution is 0.373. The number of aromatic hydroxyl groups is 1. The summed E-state index contributed by atoms with van der Waals surface area (Å²) >= 11 is 0. The minimum Gasteiger partial charge on any atom is -0.504 e. The van der Waals surface area contributed by atoms with Crippen molar-refractivity contribution in [2.24, 2.45) is 4.99 Å². The molecule has 3 N–H and O–H groups in total. The van der Waals surface area contributed by atoms with Crippen LogP contribution in [0.1, 0.15) is 23.8 Å². The van der Waals surface area contributed by atoms with E-state index in [2.05, 4.69) is 28.6 Å². The Balaban J connectivity index is 1.70. The van der Waals surface area contributed by atoms with Crippen LogP contribution in [0.2, 0.25) is 0 Å². The Morgan fingerprint density at radius 3 is 2.70 bits per heavy atom. The molecule has 3 aromatic rings. The van der Waals surface area contributed by atoms with Crippen LogP contribution >= 0.6 is 0 Å². The Hall–Kier alpha value is -3.15. The van der Waals surface area contributed by atoms with Crippen LogP contribution in [-0.4, -0.2) is 24.7 Å². The van der Waals surface area contributed by atoms with E-state index in [-0.39, 0.29) is 5.75 Å². The van der Waals surface area contributed by atoms with Crippen LogP contribution in [-0.2, 0) is 13.1 Å². The number of nitrogens with one attached hydrogen (secondary N) is 2. The van der Waals surface area contributed by atoms with Crippen molar-refractivity contribution in [2.45, 2.75) is 26.9 Å². The minimum atomic E-state index is 0.112. The molecule has 0 spiro atoms. The first-order valence-corrected chi connectivity index (χ1v) is 8.97. The summed E-state index contributed by atoms with van der Waals surface area (Å²) in [5.41, 5.74) is 2.92. The SMILES string of the molecule is CCNC(=NCc1ccc(OC)c(O)c1)NCc1oc2ccccc2c1C. The normalized spacial score (nSPS) is 11.6. The van der Waals surface area contributed by atoms with Gasteiger partial charge in [0.25, 0.3) is 0 Å². The highest BCUT2D eigenvalue weighted by atomic mass is 16.5. The number of fused-ring (bicyclic) bond motifs is 1. The highest BCUT2D eigenvalue weighted by Crippen LogP contribution is 2.26. The average Bonchev–Trinajstić information content (AvgIpc) is 3.00. The van der Waals surface area contributed by atoms with Crippen molar-refractivity contribution >= 4 is 16.9 Å². The van der Waals surface area contributed by atoms with Gasteiger partial charge in [0.15, 0.2) is 17.5 Å². The molecule has 0 amide bonds. The van der Waals surface area contributed by atoms with Gasteiger partial charge in [0.05, 0.1) is 20.2 Å². The molecule has 0 aliphatic heterocycles. The van der Waals surface area contributed by atoms with Crippen LogP contribution in [0.25, 0.3) is 11.0 Å². The molecule has 0 aliphatic carbocycles. The molecule has 6 heteroatoms. The Morgan fingerprint density at radius 2 is 2.00 bits per heavy atom. The number of aliphatic imine (C=N–C) groups is 1. The van der Waals surface area contributed by atoms with Gasteiger partial charge < -0.3 is 24.9 Å². The number of phenolic OH excluding ortho intramolecular Hbond substituents is 1. The summed E-state index contributed by atoms with van der Waals surface area (Å²) < 4.78 is 11.0. The summed E-state index contributed by atoms with van der Waals surface area (Å²) in [7, 11) is 1.53. The Bertz CT molecular complexity index is 947. The predicted octanol–water partition coefficient (Wildman–Crippen LogP) is 3.71. The smallest absolute Gasteiger partial charge is 0.191 e. The summed E-state index contributed by atoms with van der Waals surface area (Å²) in [6.45, 7) is 5.81. The Morgan fingerprint density at radius 1 is 1.19 bits per heavy atom. The minimum absolute atomic E-state index is 0.112. The number of para-hydroxylation sites is 1. The average molecular weight is 367 g/mol. The molecule has 1 aromatic heterocycles. The zero-order valence-corrected chi connectivity index (χ0v) is 15.9. The van der Waals surface area contributed by atoms with E-state index >= 15 is 0 Å². The summed E-state index contributed by atoms with van der Waals surface area (Å²) in [4.78, 5) is 4.58. The molecule has 0 saturated carbocycles. The van der Waals surface area contributed by atoms with E-state index in [9.17, 15) is 5.11 Å². The number of ether oxygens (including phenoxy) is 1. The molecule has 0 aliphatic rings. The molecule has 0 radical (unpaired) electrons. The Labute approximate surface area is 158 Å². The van der Waals surface area contributed by atoms with Crippen LogP contribution in [0.5, 0.6) is 11.5 Å². The van der Waals surface area contributed by atoms with Crippen LogP contribution in [0, 0.1) is 6.92 Å². The summed E-state index contributed by atoms with van der Waals surface area (Å²) in [5.74, 6) is 2.14. The van der Waals surface area contributed by atoms with Crippen molar-refractivity contribution in [3.05, 3.63) is 59.4 Å². The van der Waals surface area contributed by atoms with Gasteiger partial charge in [-0.3, -0.25) is 0 Å². The van der Waals surface area contributed by atoms with Crippen LogP contribution in [0.15, 0.2) is 51.9 Å². The standard InChI is InChI=1S/C21H25N3O3/c1-4-22-21(23-12-15-9-10-19(26-3)17(25)11-15)24-13-20-14(2)16-7-5-6-8-18(16)27-20/h5-11,25H,4,12-13H2,1-3H3,(H2,22,23,24). The van der Waals surface area contributed by atoms with Crippen molar-refractivity contribution < 1.29 is 14.3 Å². The third-order valence-corrected chi connectivity index (χ3v) is 4.37. The lowest BCUT2D eigenvalue weighted by Gasteiger charge is -2.11. The second-order valence-corrected chi connectivity index (χ2v) is 6.20. The van der Waals surface area contributed by atoms with Gasteiger partial charge in [-0.2, -0.15) is 0 Å². The maximum absolute atomic E-state index is 9.89. The van der Waals surface area contributed by atoms with E-state index in [0.717, 1.165) is 34.4 Å². The zero-order chi connectivity index (χ0) is 19.2. The second-order valence-electron chi connectivity index (χ2n) is 6.20. The number of aryl methyl sites for hydroxylation is 1. The lowest BCUT2D eigenvalue weighted by atomic mass is 10.1. The maximum atomic E-state index is 9.89. The molecule has 6 nitrogen and oxygen atoms in total. The molecule has 0 bridgehead atoms. The number of nitrogens with zero attached hydrogens (tertiary/aromatic N) is 1. The number of furan rings is 1. The van der Waals surface area contributed by atoms with Crippen molar-refractivity contribution in [2.75, 3.05) is 13.7 Å². The largest absolute Gasteiger partial charge is 0.504 e. The first-order chi connectivity index (χ1) is 13.1. The first kappa shape index (κ1) is 18.6. The molecule has 3 rings (SSSR count). The molecule has 1 heterocycles. The van der Waals surface area contributed by atoms with Gasteiger partial charge >= 0.3 is 0 Å². The van der Waals surface area contributed by atoms with E-state index in [1.54, 1.807) is 12.1 Å². The number of rotatable bonds is 6. The van der Waals surface area contributed by atoms with Crippen molar-refractivity contribution in [1.29, 1.82) is 0 Å². The zero-order valence-electron chi connectivity index (χ0n) is 15.9. The molecular weight excluding hydrogens is 342 g/mol. The summed E-state index contributed by atoms with van der Waals surface area (Å²) in [5, 5.41) is 17.6. The molecule has 0 atom stereocenters. The molecule has 2 aromatic carbocycles. The van der Waals surface area contributed by atoms with Crippen molar-refractivity contribution in [3.63, 3.8) is 0 Å². The Kier molecular flexibility index (Phi) is 5.86. The fourth-order valence-corrected chi connectivity index (χ4v) is 2.90. The van der Waals surface area contributed by atoms with Crippen LogP contribution in [0.4, 0.5) is 0 Å². The molecule has 0 fully saturated rings. The van der Waals surface area contributed by atoms with Gasteiger partial charge in [-0.05, 0) is 37.6 Å². The molecular formula is C21H25N3O3. The number of benzene rings is 2. The highest BCUT2D eigenvalue weighted by Gasteiger charge is 2.10. The van der Waals surface area contributed by atoms with E-state index < -0.39 is 0 Å². The third-order valence-electron chi connectivity index (χ3n) is 4.37. The number of methoxy groups -OCH3 is 1. The second kappa shape index (κ2) is 8.49. The highest BCUT2D eigenvalue weighted by molar-refractivity contribution is 5.83. The van der Waals surface area contributed by atoms with E-state index in [0.29, 0.717) is 24.8 Å². The molecule has 0 saturated heterocycles. The number of guanidine groups is 1. The number of hydrogen-bond donors (Lipinski definition) is 3. The van der Waals surface area contributed by atoms with Gasteiger partial charge in [-0.25, -0.2) is 4.99 Å². The summed E-state index contributed by atoms with van der Waals surface area (Å²) in [6, 6.07) is 13.3. The topological polar surface area (TPSA) is 79.0 Å². The van der Waals surface area contributed by atoms with E-state index in [4.69, 9.17) is 9.15 Å².